The maximum atomic E-state index is 5.58. The van der Waals surface area contributed by atoms with E-state index < -0.39 is 0 Å². The second-order valence-electron chi connectivity index (χ2n) is 5.78. The molecule has 0 radical (unpaired) electrons. The molecule has 1 aromatic heterocycles. The van der Waals surface area contributed by atoms with Crippen molar-refractivity contribution in [3.8, 4) is 0 Å². The van der Waals surface area contributed by atoms with Crippen LogP contribution in [0.2, 0.25) is 0 Å². The molecule has 2 rings (SSSR count). The molecule has 2 N–H and O–H groups in total. The van der Waals surface area contributed by atoms with Gasteiger partial charge in [0.2, 0.25) is 0 Å². The first kappa shape index (κ1) is 13.6. The van der Waals surface area contributed by atoms with Crippen LogP contribution in [0, 0.1) is 5.92 Å². The zero-order valence-electron chi connectivity index (χ0n) is 11.9. The molecule has 18 heavy (non-hydrogen) atoms. The number of morpholine rings is 1. The van der Waals surface area contributed by atoms with E-state index in [1.807, 2.05) is 6.20 Å². The molecule has 4 nitrogen and oxygen atoms in total. The minimum Gasteiger partial charge on any atom is -0.378 e. The molecule has 1 aliphatic heterocycles. The Balaban J connectivity index is 2.17. The Hall–Kier alpha value is -0.870. The molecule has 0 aliphatic carbocycles. The lowest BCUT2D eigenvalue weighted by molar-refractivity contribution is 0.0608. The summed E-state index contributed by atoms with van der Waals surface area (Å²) in [5, 5.41) is 3.55. The van der Waals surface area contributed by atoms with E-state index >= 15 is 0 Å². The lowest BCUT2D eigenvalue weighted by Gasteiger charge is -2.32. The summed E-state index contributed by atoms with van der Waals surface area (Å²) < 4.78 is 5.58. The summed E-state index contributed by atoms with van der Waals surface area (Å²) in [5.74, 6) is 2.51. The predicted molar refractivity (Wildman–Crippen MR) is 72.9 cm³/mol. The Morgan fingerprint density at radius 2 is 2.11 bits per heavy atom. The summed E-state index contributed by atoms with van der Waals surface area (Å²) in [4.78, 5) is 8.07. The standard InChI is InChI=1S/C14H25N3O/c1-9(2)11-7-16-14(17-11)13(10(3)4)12-8-18-6-5-15-12/h7,9-10,12-13,15H,5-6,8H2,1-4H3,(H,16,17). The van der Waals surface area contributed by atoms with Crippen LogP contribution in [0.3, 0.4) is 0 Å². The van der Waals surface area contributed by atoms with Crippen LogP contribution in [0.4, 0.5) is 0 Å². The average Bonchev–Trinajstić information content (AvgIpc) is 2.79. The summed E-state index contributed by atoms with van der Waals surface area (Å²) in [6, 6.07) is 0.366. The number of hydrogen-bond acceptors (Lipinski definition) is 3. The Kier molecular flexibility index (Phi) is 4.40. The van der Waals surface area contributed by atoms with Crippen molar-refractivity contribution in [1.29, 1.82) is 0 Å². The molecule has 0 amide bonds. The first-order chi connectivity index (χ1) is 8.59. The van der Waals surface area contributed by atoms with Gasteiger partial charge in [0.25, 0.3) is 0 Å². The number of aromatic nitrogens is 2. The first-order valence-corrected chi connectivity index (χ1v) is 6.95. The van der Waals surface area contributed by atoms with Crippen LogP contribution in [-0.4, -0.2) is 35.8 Å². The number of hydrogen-bond donors (Lipinski definition) is 2. The van der Waals surface area contributed by atoms with Crippen molar-refractivity contribution in [2.45, 2.75) is 45.6 Å². The number of imidazole rings is 1. The quantitative estimate of drug-likeness (QED) is 0.863. The van der Waals surface area contributed by atoms with Gasteiger partial charge in [-0.2, -0.15) is 0 Å². The molecule has 0 spiro atoms. The SMILES string of the molecule is CC(C)c1cnc(C(C(C)C)C2COCCN2)[nH]1. The van der Waals surface area contributed by atoms with Crippen LogP contribution in [0.15, 0.2) is 6.20 Å². The van der Waals surface area contributed by atoms with E-state index in [9.17, 15) is 0 Å². The molecule has 1 fully saturated rings. The predicted octanol–water partition coefficient (Wildman–Crippen LogP) is 2.26. The number of nitrogens with one attached hydrogen (secondary N) is 2. The van der Waals surface area contributed by atoms with E-state index in [-0.39, 0.29) is 0 Å². The van der Waals surface area contributed by atoms with Crippen molar-refractivity contribution in [2.24, 2.45) is 5.92 Å². The largest absolute Gasteiger partial charge is 0.378 e. The van der Waals surface area contributed by atoms with Crippen LogP contribution in [0.1, 0.15) is 51.0 Å². The normalized spacial score (nSPS) is 22.7. The molecule has 2 heterocycles. The van der Waals surface area contributed by atoms with Gasteiger partial charge < -0.3 is 15.0 Å². The molecule has 1 saturated heterocycles. The Morgan fingerprint density at radius 3 is 2.61 bits per heavy atom. The minimum absolute atomic E-state index is 0.366. The number of nitrogens with zero attached hydrogens (tertiary/aromatic N) is 1. The van der Waals surface area contributed by atoms with Gasteiger partial charge in [-0.3, -0.25) is 0 Å². The maximum Gasteiger partial charge on any atom is 0.111 e. The van der Waals surface area contributed by atoms with Crippen molar-refractivity contribution < 1.29 is 4.74 Å². The highest BCUT2D eigenvalue weighted by molar-refractivity contribution is 5.12. The van der Waals surface area contributed by atoms with Gasteiger partial charge in [-0.15, -0.1) is 0 Å². The van der Waals surface area contributed by atoms with Gasteiger partial charge in [-0.25, -0.2) is 4.98 Å². The van der Waals surface area contributed by atoms with Crippen molar-refractivity contribution in [3.05, 3.63) is 17.7 Å². The van der Waals surface area contributed by atoms with Gasteiger partial charge in [0.15, 0.2) is 0 Å². The fourth-order valence-electron chi connectivity index (χ4n) is 2.60. The van der Waals surface area contributed by atoms with Gasteiger partial charge >= 0.3 is 0 Å². The third-order valence-electron chi connectivity index (χ3n) is 3.65. The highest BCUT2D eigenvalue weighted by atomic mass is 16.5. The van der Waals surface area contributed by atoms with E-state index in [0.717, 1.165) is 25.6 Å². The first-order valence-electron chi connectivity index (χ1n) is 6.95. The monoisotopic (exact) mass is 251 g/mol. The van der Waals surface area contributed by atoms with Crippen LogP contribution < -0.4 is 5.32 Å². The van der Waals surface area contributed by atoms with Gasteiger partial charge in [0, 0.05) is 30.4 Å². The van der Waals surface area contributed by atoms with Gasteiger partial charge in [-0.1, -0.05) is 27.7 Å². The number of H-pyrrole nitrogens is 1. The second kappa shape index (κ2) is 5.85. The fraction of sp³-hybridized carbons (Fsp3) is 0.786. The summed E-state index contributed by atoms with van der Waals surface area (Å²) >= 11 is 0. The van der Waals surface area contributed by atoms with Crippen LogP contribution in [0.5, 0.6) is 0 Å². The molecule has 2 atom stereocenters. The Labute approximate surface area is 110 Å². The lowest BCUT2D eigenvalue weighted by atomic mass is 9.87. The highest BCUT2D eigenvalue weighted by Gasteiger charge is 2.30. The van der Waals surface area contributed by atoms with E-state index in [0.29, 0.717) is 23.8 Å². The van der Waals surface area contributed by atoms with E-state index in [1.54, 1.807) is 0 Å². The summed E-state index contributed by atoms with van der Waals surface area (Å²) in [6.45, 7) is 11.4. The molecule has 1 aromatic rings. The topological polar surface area (TPSA) is 49.9 Å². The second-order valence-corrected chi connectivity index (χ2v) is 5.78. The van der Waals surface area contributed by atoms with E-state index in [2.05, 4.69) is 43.0 Å². The molecular formula is C14H25N3O. The molecule has 0 saturated carbocycles. The molecule has 0 bridgehead atoms. The fourth-order valence-corrected chi connectivity index (χ4v) is 2.60. The number of aromatic amines is 1. The zero-order chi connectivity index (χ0) is 13.1. The Morgan fingerprint density at radius 1 is 1.33 bits per heavy atom. The highest BCUT2D eigenvalue weighted by Crippen LogP contribution is 2.28. The van der Waals surface area contributed by atoms with E-state index in [4.69, 9.17) is 4.74 Å². The number of ether oxygens (including phenoxy) is 1. The van der Waals surface area contributed by atoms with E-state index in [1.165, 1.54) is 5.69 Å². The smallest absolute Gasteiger partial charge is 0.111 e. The Bertz CT molecular complexity index is 367. The molecular weight excluding hydrogens is 226 g/mol. The third-order valence-corrected chi connectivity index (χ3v) is 3.65. The molecule has 0 aromatic carbocycles. The average molecular weight is 251 g/mol. The third kappa shape index (κ3) is 2.93. The maximum absolute atomic E-state index is 5.58. The van der Waals surface area contributed by atoms with Gasteiger partial charge in [0.05, 0.1) is 13.2 Å². The summed E-state index contributed by atoms with van der Waals surface area (Å²) in [5.41, 5.74) is 1.22. The van der Waals surface area contributed by atoms with Crippen LogP contribution in [-0.2, 0) is 4.74 Å². The van der Waals surface area contributed by atoms with Crippen molar-refractivity contribution in [3.63, 3.8) is 0 Å². The molecule has 4 heteroatoms. The van der Waals surface area contributed by atoms with Gasteiger partial charge in [-0.05, 0) is 11.8 Å². The molecule has 2 unspecified atom stereocenters. The lowest BCUT2D eigenvalue weighted by Crippen LogP contribution is -2.46. The van der Waals surface area contributed by atoms with Gasteiger partial charge in [0.1, 0.15) is 5.82 Å². The van der Waals surface area contributed by atoms with Crippen molar-refractivity contribution in [2.75, 3.05) is 19.8 Å². The van der Waals surface area contributed by atoms with Crippen LogP contribution >= 0.6 is 0 Å². The minimum atomic E-state index is 0.366. The summed E-state index contributed by atoms with van der Waals surface area (Å²) in [6.07, 6.45) is 1.97. The van der Waals surface area contributed by atoms with Crippen LogP contribution in [0.25, 0.3) is 0 Å². The zero-order valence-corrected chi connectivity index (χ0v) is 11.9. The van der Waals surface area contributed by atoms with Crippen molar-refractivity contribution in [1.82, 2.24) is 15.3 Å². The summed E-state index contributed by atoms with van der Waals surface area (Å²) in [7, 11) is 0. The number of rotatable bonds is 4. The molecule has 102 valence electrons. The van der Waals surface area contributed by atoms with Crippen molar-refractivity contribution >= 4 is 0 Å². The molecule has 1 aliphatic rings.